The summed E-state index contributed by atoms with van der Waals surface area (Å²) in [4.78, 5) is 37.4. The maximum Gasteiger partial charge on any atom is 0.342 e. The molecule has 30 heavy (non-hydrogen) atoms. The van der Waals surface area contributed by atoms with E-state index >= 15 is 0 Å². The van der Waals surface area contributed by atoms with Gasteiger partial charge in [0.15, 0.2) is 0 Å². The van der Waals surface area contributed by atoms with E-state index in [0.717, 1.165) is 18.2 Å². The Balaban J connectivity index is 2.08. The van der Waals surface area contributed by atoms with E-state index in [-0.39, 0.29) is 23.5 Å². The number of aromatic amines is 1. The van der Waals surface area contributed by atoms with Gasteiger partial charge < -0.3 is 25.7 Å². The minimum absolute atomic E-state index is 0.0276. The Morgan fingerprint density at radius 3 is 2.40 bits per heavy atom. The zero-order valence-corrected chi connectivity index (χ0v) is 15.1. The van der Waals surface area contributed by atoms with E-state index in [0.29, 0.717) is 0 Å². The van der Waals surface area contributed by atoms with E-state index in [9.17, 15) is 33.4 Å². The number of anilines is 1. The molecule has 0 saturated heterocycles. The number of pyridine rings is 1. The average molecular weight is 416 g/mol. The van der Waals surface area contributed by atoms with Crippen molar-refractivity contribution in [2.24, 2.45) is 0 Å². The topological polar surface area (TPSA) is 143 Å². The van der Waals surface area contributed by atoms with Crippen LogP contribution in [0.2, 0.25) is 0 Å². The highest BCUT2D eigenvalue weighted by atomic mass is 19.1. The van der Waals surface area contributed by atoms with Crippen molar-refractivity contribution >= 4 is 17.8 Å². The molecule has 5 N–H and O–H groups in total. The number of rotatable bonds is 6. The van der Waals surface area contributed by atoms with Crippen molar-refractivity contribution < 1.29 is 33.3 Å². The van der Waals surface area contributed by atoms with Gasteiger partial charge in [-0.3, -0.25) is 4.79 Å². The molecule has 0 aliphatic rings. The Bertz CT molecular complexity index is 1220. The van der Waals surface area contributed by atoms with Gasteiger partial charge in [-0.1, -0.05) is 12.1 Å². The first kappa shape index (κ1) is 20.5. The Labute approximate surface area is 167 Å². The standard InChI is InChI=1S/C20H14F2N2O6/c21-11-4-5-13(22)10(6-11)8-30-12-3-1-2-9(7-12)14-15(19(26)27)17(23)24-18(25)16(14)20(28)29/h1-7H,8H2,(H,26,27)(H,28,29)(H3,23,24,25). The number of nitrogen functional groups attached to an aromatic ring is 1. The van der Waals surface area contributed by atoms with Crippen LogP contribution in [0.25, 0.3) is 11.1 Å². The van der Waals surface area contributed by atoms with Crippen molar-refractivity contribution in [3.8, 4) is 16.9 Å². The van der Waals surface area contributed by atoms with Gasteiger partial charge in [0, 0.05) is 11.1 Å². The highest BCUT2D eigenvalue weighted by Crippen LogP contribution is 2.31. The van der Waals surface area contributed by atoms with Gasteiger partial charge in [0.2, 0.25) is 0 Å². The van der Waals surface area contributed by atoms with Crippen molar-refractivity contribution in [3.63, 3.8) is 0 Å². The summed E-state index contributed by atoms with van der Waals surface area (Å²) in [5.74, 6) is -4.95. The van der Waals surface area contributed by atoms with Gasteiger partial charge in [-0.05, 0) is 35.9 Å². The molecule has 1 aromatic heterocycles. The van der Waals surface area contributed by atoms with E-state index in [4.69, 9.17) is 10.5 Å². The summed E-state index contributed by atoms with van der Waals surface area (Å²) in [6.07, 6.45) is 0. The molecular weight excluding hydrogens is 402 g/mol. The number of aromatic carboxylic acids is 2. The lowest BCUT2D eigenvalue weighted by molar-refractivity contribution is 0.0695. The largest absolute Gasteiger partial charge is 0.489 e. The number of benzene rings is 2. The number of ether oxygens (including phenoxy) is 1. The molecule has 0 radical (unpaired) electrons. The molecule has 0 aliphatic carbocycles. The molecule has 0 atom stereocenters. The number of hydrogen-bond donors (Lipinski definition) is 4. The van der Waals surface area contributed by atoms with Crippen LogP contribution in [0.5, 0.6) is 5.75 Å². The van der Waals surface area contributed by atoms with E-state index in [1.54, 1.807) is 0 Å². The number of halogens is 2. The van der Waals surface area contributed by atoms with Crippen LogP contribution in [0, 0.1) is 11.6 Å². The number of carboxylic acid groups (broad SMARTS) is 2. The first-order valence-corrected chi connectivity index (χ1v) is 8.38. The molecule has 0 aliphatic heterocycles. The van der Waals surface area contributed by atoms with Gasteiger partial charge in [-0.2, -0.15) is 0 Å². The molecule has 8 nitrogen and oxygen atoms in total. The maximum atomic E-state index is 13.8. The van der Waals surface area contributed by atoms with E-state index in [2.05, 4.69) is 0 Å². The fourth-order valence-corrected chi connectivity index (χ4v) is 2.89. The normalized spacial score (nSPS) is 10.6. The third-order valence-electron chi connectivity index (χ3n) is 4.20. The quantitative estimate of drug-likeness (QED) is 0.484. The monoisotopic (exact) mass is 416 g/mol. The first-order valence-electron chi connectivity index (χ1n) is 8.38. The lowest BCUT2D eigenvalue weighted by Crippen LogP contribution is -2.24. The summed E-state index contributed by atoms with van der Waals surface area (Å²) in [5.41, 5.74) is 2.68. The zero-order chi connectivity index (χ0) is 22.0. The zero-order valence-electron chi connectivity index (χ0n) is 15.1. The first-order chi connectivity index (χ1) is 14.2. The molecule has 0 saturated carbocycles. The average Bonchev–Trinajstić information content (AvgIpc) is 2.67. The summed E-state index contributed by atoms with van der Waals surface area (Å²) in [6.45, 7) is -0.345. The SMILES string of the molecule is Nc1[nH]c(=O)c(C(=O)O)c(-c2cccc(OCc3cc(F)ccc3F)c2)c1C(=O)O. The van der Waals surface area contributed by atoms with Gasteiger partial charge >= 0.3 is 11.9 Å². The van der Waals surface area contributed by atoms with E-state index < -0.39 is 51.6 Å². The molecular formula is C20H14F2N2O6. The summed E-state index contributed by atoms with van der Waals surface area (Å²) in [6, 6.07) is 8.35. The number of nitrogens with two attached hydrogens (primary N) is 1. The Hall–Kier alpha value is -4.21. The number of carboxylic acids is 2. The van der Waals surface area contributed by atoms with E-state index in [1.165, 1.54) is 24.3 Å². The highest BCUT2D eigenvalue weighted by Gasteiger charge is 2.26. The molecule has 0 fully saturated rings. The van der Waals surface area contributed by atoms with Crippen LogP contribution in [0.3, 0.4) is 0 Å². The van der Waals surface area contributed by atoms with Gasteiger partial charge in [-0.25, -0.2) is 18.4 Å². The predicted octanol–water partition coefficient (Wildman–Crippen LogP) is 2.88. The van der Waals surface area contributed by atoms with Crippen molar-refractivity contribution in [3.05, 3.63) is 81.1 Å². The summed E-state index contributed by atoms with van der Waals surface area (Å²) in [5, 5.41) is 18.9. The van der Waals surface area contributed by atoms with E-state index in [1.807, 2.05) is 4.98 Å². The van der Waals surface area contributed by atoms with Crippen molar-refractivity contribution in [1.82, 2.24) is 4.98 Å². The molecule has 2 aromatic carbocycles. The number of nitrogens with one attached hydrogen (secondary N) is 1. The highest BCUT2D eigenvalue weighted by molar-refractivity contribution is 6.07. The van der Waals surface area contributed by atoms with Gasteiger partial charge in [0.1, 0.15) is 40.9 Å². The molecule has 1 heterocycles. The number of aromatic nitrogens is 1. The van der Waals surface area contributed by atoms with Crippen LogP contribution in [0.1, 0.15) is 26.3 Å². The molecule has 3 aromatic rings. The minimum Gasteiger partial charge on any atom is -0.489 e. The van der Waals surface area contributed by atoms with Gasteiger partial charge in [-0.15, -0.1) is 0 Å². The van der Waals surface area contributed by atoms with Crippen LogP contribution in [0.15, 0.2) is 47.3 Å². The number of H-pyrrole nitrogens is 1. The van der Waals surface area contributed by atoms with Crippen LogP contribution in [0.4, 0.5) is 14.6 Å². The molecule has 0 amide bonds. The fourth-order valence-electron chi connectivity index (χ4n) is 2.89. The lowest BCUT2D eigenvalue weighted by Gasteiger charge is -2.13. The third kappa shape index (κ3) is 3.97. The van der Waals surface area contributed by atoms with Gasteiger partial charge in [0.25, 0.3) is 5.56 Å². The molecule has 10 heteroatoms. The van der Waals surface area contributed by atoms with Gasteiger partial charge in [0.05, 0.1) is 0 Å². The summed E-state index contributed by atoms with van der Waals surface area (Å²) >= 11 is 0. The molecule has 0 unspecified atom stereocenters. The Kier molecular flexibility index (Phi) is 5.50. The smallest absolute Gasteiger partial charge is 0.342 e. The molecule has 0 spiro atoms. The fraction of sp³-hybridized carbons (Fsp3) is 0.0500. The second kappa shape index (κ2) is 8.03. The Morgan fingerprint density at radius 1 is 1.03 bits per heavy atom. The number of carbonyl (C=O) groups is 2. The Morgan fingerprint density at radius 2 is 1.73 bits per heavy atom. The molecule has 154 valence electrons. The second-order valence-corrected chi connectivity index (χ2v) is 6.16. The van der Waals surface area contributed by atoms with Crippen molar-refractivity contribution in [1.29, 1.82) is 0 Å². The lowest BCUT2D eigenvalue weighted by atomic mass is 9.95. The second-order valence-electron chi connectivity index (χ2n) is 6.16. The van der Waals surface area contributed by atoms with Crippen LogP contribution >= 0.6 is 0 Å². The van der Waals surface area contributed by atoms with Crippen LogP contribution in [-0.4, -0.2) is 27.1 Å². The maximum absolute atomic E-state index is 13.8. The predicted molar refractivity (Wildman–Crippen MR) is 102 cm³/mol. The molecule has 0 bridgehead atoms. The number of hydrogen-bond acceptors (Lipinski definition) is 5. The summed E-state index contributed by atoms with van der Waals surface area (Å²) in [7, 11) is 0. The molecule has 3 rings (SSSR count). The third-order valence-corrected chi connectivity index (χ3v) is 4.20. The van der Waals surface area contributed by atoms with Crippen molar-refractivity contribution in [2.75, 3.05) is 5.73 Å². The minimum atomic E-state index is -1.65. The summed E-state index contributed by atoms with van der Waals surface area (Å²) < 4.78 is 32.5. The van der Waals surface area contributed by atoms with Crippen LogP contribution in [-0.2, 0) is 6.61 Å². The van der Waals surface area contributed by atoms with Crippen molar-refractivity contribution in [2.45, 2.75) is 6.61 Å². The van der Waals surface area contributed by atoms with Crippen LogP contribution < -0.4 is 16.0 Å².